The molecule has 1 aliphatic rings. The molecule has 3 heteroatoms. The van der Waals surface area contributed by atoms with Crippen LogP contribution in [0.4, 0.5) is 0 Å². The molecule has 0 bridgehead atoms. The zero-order valence-electron chi connectivity index (χ0n) is 3.63. The first-order chi connectivity index (χ1) is 3.21. The maximum Gasteiger partial charge on any atom is 0.0000620 e. The summed E-state index contributed by atoms with van der Waals surface area (Å²) in [5.41, 5.74) is 0. The third-order valence-electron chi connectivity index (χ3n) is 0.562. The molecule has 2 nitrogen and oxygen atoms in total. The number of nitrogens with zero attached hydrogens (tertiary/aromatic N) is 1. The fraction of sp³-hybridized carbons (Fsp3) is 0. The van der Waals surface area contributed by atoms with Gasteiger partial charge in [0, 0.05) is 9.71 Å². The second-order valence-electron chi connectivity index (χ2n) is 1.21. The lowest BCUT2D eigenvalue weighted by atomic mass is 10.7. The van der Waals surface area contributed by atoms with Gasteiger partial charge in [-0.1, -0.05) is 0 Å². The third-order valence-corrected chi connectivity index (χ3v) is 1.54. The summed E-state index contributed by atoms with van der Waals surface area (Å²) >= 11 is 0. The van der Waals surface area contributed by atoms with Gasteiger partial charge in [0.15, 0.2) is 0 Å². The highest BCUT2D eigenvalue weighted by Gasteiger charge is 1.82. The summed E-state index contributed by atoms with van der Waals surface area (Å²) in [5.74, 6) is 3.28. The molecule has 0 aromatic carbocycles. The first-order valence-corrected chi connectivity index (χ1v) is 3.47. The van der Waals surface area contributed by atoms with Gasteiger partial charge in [0.25, 0.3) is 0 Å². The second kappa shape index (κ2) is 1.20. The Morgan fingerprint density at radius 1 is 1.86 bits per heavy atom. The molecule has 0 spiro atoms. The van der Waals surface area contributed by atoms with Crippen molar-refractivity contribution < 1.29 is 4.21 Å². The normalized spacial score (nSPS) is 37.1. The van der Waals surface area contributed by atoms with E-state index in [1.807, 2.05) is 0 Å². The molecular weight excluding hydrogens is 110 g/mol. The molecule has 7 heavy (non-hydrogen) atoms. The Labute approximate surface area is 42.7 Å². The Kier molecular flexibility index (Phi) is 0.785. The van der Waals surface area contributed by atoms with E-state index in [0.717, 1.165) is 0 Å². The molecule has 1 rings (SSSR count). The van der Waals surface area contributed by atoms with Crippen LogP contribution in [0.1, 0.15) is 0 Å². The molecule has 0 radical (unpaired) electrons. The van der Waals surface area contributed by atoms with Gasteiger partial charge in [0.05, 0.1) is 0 Å². The summed E-state index contributed by atoms with van der Waals surface area (Å²) in [4.78, 5) is 0. The van der Waals surface area contributed by atoms with E-state index < -0.39 is 9.71 Å². The van der Waals surface area contributed by atoms with Gasteiger partial charge in [-0.05, 0) is 5.87 Å². The minimum Gasteiger partial charge on any atom is -0.322 e. The van der Waals surface area contributed by atoms with Crippen LogP contribution in [-0.2, 0) is 9.71 Å². The van der Waals surface area contributed by atoms with E-state index >= 15 is 0 Å². The average molecular weight is 114 g/mol. The number of hydrogen-bond acceptors (Lipinski definition) is 1. The summed E-state index contributed by atoms with van der Waals surface area (Å²) in [7, 11) is -2.21. The zero-order valence-corrected chi connectivity index (χ0v) is 4.44. The van der Waals surface area contributed by atoms with Gasteiger partial charge >= 0.3 is 0 Å². The first-order valence-electron chi connectivity index (χ1n) is 1.72. The van der Waals surface area contributed by atoms with Gasteiger partial charge in [-0.3, -0.25) is 4.21 Å². The van der Waals surface area contributed by atoms with Crippen LogP contribution in [0.25, 0.3) is 0 Å². The lowest BCUT2D eigenvalue weighted by Gasteiger charge is -1.91. The van der Waals surface area contributed by atoms with Crippen LogP contribution in [0.2, 0.25) is 0 Å². The molecule has 1 unspecified atom stereocenters. The van der Waals surface area contributed by atoms with Gasteiger partial charge in [-0.15, -0.1) is 11.6 Å². The minimum atomic E-state index is -2.21. The van der Waals surface area contributed by atoms with Crippen molar-refractivity contribution in [3.05, 3.63) is 11.5 Å². The first kappa shape index (κ1) is 4.59. The van der Waals surface area contributed by atoms with Crippen molar-refractivity contribution in [3.8, 4) is 0 Å². The van der Waals surface area contributed by atoms with E-state index in [9.17, 15) is 4.21 Å². The molecule has 0 saturated carbocycles. The van der Waals surface area contributed by atoms with E-state index in [1.54, 1.807) is 0 Å². The monoisotopic (exact) mass is 114 g/mol. The van der Waals surface area contributed by atoms with Crippen molar-refractivity contribution in [2.75, 3.05) is 0 Å². The molecule has 0 amide bonds. The van der Waals surface area contributed by atoms with E-state index in [4.69, 9.17) is 0 Å². The largest absolute Gasteiger partial charge is 0.322 e. The molecule has 1 aliphatic heterocycles. The maximum absolute atomic E-state index is 10.6. The van der Waals surface area contributed by atoms with Crippen LogP contribution in [-0.4, -0.2) is 16.3 Å². The highest BCUT2D eigenvalue weighted by atomic mass is 32.2. The molecule has 38 valence electrons. The lowest BCUT2D eigenvalue weighted by Crippen LogP contribution is -1.80. The molecule has 0 N–H and O–H groups in total. The molecule has 0 saturated heterocycles. The van der Waals surface area contributed by atoms with E-state index in [2.05, 4.69) is 16.5 Å². The van der Waals surface area contributed by atoms with Crippen molar-refractivity contribution in [3.63, 3.8) is 0 Å². The summed E-state index contributed by atoms with van der Waals surface area (Å²) < 4.78 is 14.0. The van der Waals surface area contributed by atoms with Crippen LogP contribution in [0.5, 0.6) is 0 Å². The van der Waals surface area contributed by atoms with Crippen molar-refractivity contribution in [1.82, 2.24) is 0 Å². The molecule has 0 fully saturated rings. The summed E-state index contributed by atoms with van der Waals surface area (Å²) in [5, 5.41) is 1.44. The Balaban J connectivity index is 3.25. The summed E-state index contributed by atoms with van der Waals surface area (Å²) in [6.07, 6.45) is 3.93. The van der Waals surface area contributed by atoms with Crippen molar-refractivity contribution >= 4 is 21.8 Å². The number of rotatable bonds is 0. The number of hydrogen-bond donors (Lipinski definition) is 0. The maximum atomic E-state index is 10.6. The zero-order chi connectivity index (χ0) is 5.33. The fourth-order valence-corrected chi connectivity index (χ4v) is 0.860. The van der Waals surface area contributed by atoms with E-state index in [-0.39, 0.29) is 0 Å². The van der Waals surface area contributed by atoms with Crippen LogP contribution in [0.3, 0.4) is 0 Å². The van der Waals surface area contributed by atoms with Gasteiger partial charge < -0.3 is 4.40 Å². The Morgan fingerprint density at radius 2 is 2.57 bits per heavy atom. The standard InChI is InChI=1S/C4H4NOS/c1-7(6)4-2-3-5-7/h2,4H,1H2/q-1. The minimum absolute atomic E-state index is 1.44. The fourth-order valence-electron chi connectivity index (χ4n) is 0.287. The highest BCUT2D eigenvalue weighted by molar-refractivity contribution is 8.02. The van der Waals surface area contributed by atoms with E-state index in [0.29, 0.717) is 0 Å². The van der Waals surface area contributed by atoms with Crippen LogP contribution in [0.15, 0.2) is 15.9 Å². The predicted molar refractivity (Wildman–Crippen MR) is 31.8 cm³/mol. The predicted octanol–water partition coefficient (Wildman–Crippen LogP) is 0.0929. The van der Waals surface area contributed by atoms with Gasteiger partial charge in [0.1, 0.15) is 0 Å². The quantitative estimate of drug-likeness (QED) is 0.324. The Morgan fingerprint density at radius 3 is 2.71 bits per heavy atom. The van der Waals surface area contributed by atoms with E-state index in [1.165, 1.54) is 11.5 Å². The Hall–Kier alpha value is -0.570. The molecule has 1 heterocycles. The van der Waals surface area contributed by atoms with Gasteiger partial charge in [0.2, 0.25) is 0 Å². The van der Waals surface area contributed by atoms with Crippen molar-refractivity contribution in [1.29, 1.82) is 0 Å². The van der Waals surface area contributed by atoms with Crippen molar-refractivity contribution in [2.24, 2.45) is 4.40 Å². The topological polar surface area (TPSA) is 29.4 Å². The summed E-state index contributed by atoms with van der Waals surface area (Å²) in [6, 6.07) is 0. The second-order valence-corrected chi connectivity index (χ2v) is 3.05. The molecule has 0 aromatic heterocycles. The number of allylic oxidation sites excluding steroid dienone is 1. The molecule has 0 aliphatic carbocycles. The molecule has 1 atom stereocenters. The van der Waals surface area contributed by atoms with Gasteiger partial charge in [-0.2, -0.15) is 0 Å². The van der Waals surface area contributed by atoms with Crippen molar-refractivity contribution in [2.45, 2.75) is 0 Å². The Bertz CT molecular complexity index is 192. The molecule has 0 aromatic rings. The van der Waals surface area contributed by atoms with Crippen LogP contribution in [0, 0.1) is 0 Å². The third kappa shape index (κ3) is 0.899. The van der Waals surface area contributed by atoms with Gasteiger partial charge in [-0.25, -0.2) is 6.08 Å². The van der Waals surface area contributed by atoms with Crippen LogP contribution >= 0.6 is 0 Å². The average Bonchev–Trinajstić information content (AvgIpc) is 1.84. The smallest absolute Gasteiger partial charge is 0.0000620 e. The van der Waals surface area contributed by atoms with Crippen LogP contribution < -0.4 is 0 Å². The SMILES string of the molecule is C=S1(=O)C=C[C-]=N1. The molecular formula is C4H4NOS-. The summed E-state index contributed by atoms with van der Waals surface area (Å²) in [6.45, 7) is 0. The lowest BCUT2D eigenvalue weighted by molar-refractivity contribution is 0.688. The highest BCUT2D eigenvalue weighted by Crippen LogP contribution is 1.97.